The van der Waals surface area contributed by atoms with E-state index in [1.165, 1.54) is 12.1 Å². The summed E-state index contributed by atoms with van der Waals surface area (Å²) in [5.41, 5.74) is 0.697. The molecule has 0 aliphatic carbocycles. The molecule has 0 saturated heterocycles. The largest absolute Gasteiger partial charge is 0.508 e. The summed E-state index contributed by atoms with van der Waals surface area (Å²) in [6, 6.07) is 10.5. The van der Waals surface area contributed by atoms with Gasteiger partial charge in [0.1, 0.15) is 11.6 Å². The molecule has 0 spiro atoms. The maximum absolute atomic E-state index is 13.3. The predicted octanol–water partition coefficient (Wildman–Crippen LogP) is 4.65. The number of halogens is 4. The molecular weight excluding hydrogens is 440 g/mol. The van der Waals surface area contributed by atoms with Gasteiger partial charge in [-0.1, -0.05) is 0 Å². The zero-order chi connectivity index (χ0) is 23.9. The summed E-state index contributed by atoms with van der Waals surface area (Å²) >= 11 is 0. The number of aromatic nitrogens is 3. The Morgan fingerprint density at radius 2 is 1.85 bits per heavy atom. The summed E-state index contributed by atoms with van der Waals surface area (Å²) < 4.78 is 55.9. The first-order chi connectivity index (χ1) is 15.5. The lowest BCUT2D eigenvalue weighted by molar-refractivity contribution is -0.141. The average Bonchev–Trinajstić information content (AvgIpc) is 3.33. The van der Waals surface area contributed by atoms with Gasteiger partial charge in [-0.2, -0.15) is 18.3 Å². The monoisotopic (exact) mass is 460 g/mol. The number of phenolic OH excluding ortho intramolecular Hbond substituents is 1. The van der Waals surface area contributed by atoms with Crippen molar-refractivity contribution in [1.82, 2.24) is 19.7 Å². The van der Waals surface area contributed by atoms with Crippen LogP contribution in [0.15, 0.2) is 54.7 Å². The Morgan fingerprint density at radius 1 is 1.15 bits per heavy atom. The van der Waals surface area contributed by atoms with Crippen molar-refractivity contribution in [1.29, 1.82) is 0 Å². The topological polar surface area (TPSA) is 72.1 Å². The van der Waals surface area contributed by atoms with Crippen LogP contribution in [0.4, 0.5) is 17.6 Å². The third kappa shape index (κ3) is 4.41. The van der Waals surface area contributed by atoms with Crippen LogP contribution in [0.5, 0.6) is 5.75 Å². The molecule has 2 aromatic carbocycles. The second-order valence-corrected chi connectivity index (χ2v) is 7.74. The van der Waals surface area contributed by atoms with Crippen LogP contribution < -0.4 is 5.32 Å². The van der Waals surface area contributed by atoms with Crippen LogP contribution >= 0.6 is 0 Å². The molecule has 0 aliphatic heterocycles. The van der Waals surface area contributed by atoms with Gasteiger partial charge >= 0.3 is 6.18 Å². The van der Waals surface area contributed by atoms with E-state index in [9.17, 15) is 27.5 Å². The molecule has 0 fully saturated rings. The second-order valence-electron chi connectivity index (χ2n) is 7.74. The Kier molecular flexibility index (Phi) is 5.61. The summed E-state index contributed by atoms with van der Waals surface area (Å²) in [6.07, 6.45) is -2.90. The molecule has 2 aromatic heterocycles. The van der Waals surface area contributed by atoms with Crippen molar-refractivity contribution in [2.75, 3.05) is 0 Å². The lowest BCUT2D eigenvalue weighted by atomic mass is 9.99. The molecule has 4 rings (SSSR count). The van der Waals surface area contributed by atoms with Gasteiger partial charge in [0, 0.05) is 24.1 Å². The van der Waals surface area contributed by atoms with Crippen molar-refractivity contribution in [3.8, 4) is 11.4 Å². The van der Waals surface area contributed by atoms with E-state index in [1.807, 2.05) is 11.6 Å². The molecule has 2 N–H and O–H groups in total. The van der Waals surface area contributed by atoms with Gasteiger partial charge in [0.25, 0.3) is 0 Å². The van der Waals surface area contributed by atoms with Crippen molar-refractivity contribution < 1.29 is 27.5 Å². The van der Waals surface area contributed by atoms with E-state index in [0.29, 0.717) is 10.9 Å². The fourth-order valence-corrected chi connectivity index (χ4v) is 3.72. The van der Waals surface area contributed by atoms with Crippen LogP contribution in [0.2, 0.25) is 0 Å². The fraction of sp³-hybridized carbons (Fsp3) is 0.217. The molecule has 1 unspecified atom stereocenters. The highest BCUT2D eigenvalue weighted by Crippen LogP contribution is 2.31. The van der Waals surface area contributed by atoms with Crippen molar-refractivity contribution in [2.24, 2.45) is 7.05 Å². The molecule has 10 heteroatoms. The van der Waals surface area contributed by atoms with Gasteiger partial charge in [-0.15, -0.1) is 0 Å². The Morgan fingerprint density at radius 3 is 2.52 bits per heavy atom. The minimum absolute atomic E-state index is 0.0606. The summed E-state index contributed by atoms with van der Waals surface area (Å²) in [7, 11) is 1.81. The van der Waals surface area contributed by atoms with Crippen LogP contribution in [0.1, 0.15) is 29.8 Å². The number of alkyl halides is 3. The van der Waals surface area contributed by atoms with E-state index in [0.717, 1.165) is 28.4 Å². The highest BCUT2D eigenvalue weighted by atomic mass is 19.4. The first-order valence-corrected chi connectivity index (χ1v) is 10.0. The number of phenols is 1. The van der Waals surface area contributed by atoms with Crippen molar-refractivity contribution >= 4 is 16.8 Å². The lowest BCUT2D eigenvalue weighted by Crippen LogP contribution is -2.28. The summed E-state index contributed by atoms with van der Waals surface area (Å²) in [6.45, 7) is 1.45. The SMILES string of the molecule is CC(C(=O)NCc1cc(C(F)(F)F)nn1-c1ccc(F)cc1)c1cn(C)c2ccc(O)cc12. The number of nitrogens with one attached hydrogen (secondary N) is 1. The molecule has 33 heavy (non-hydrogen) atoms. The molecule has 0 aliphatic rings. The number of hydrogen-bond acceptors (Lipinski definition) is 3. The number of nitrogens with zero attached hydrogens (tertiary/aromatic N) is 3. The van der Waals surface area contributed by atoms with E-state index >= 15 is 0 Å². The minimum atomic E-state index is -4.68. The molecule has 2 heterocycles. The van der Waals surface area contributed by atoms with Gasteiger partial charge in [-0.3, -0.25) is 4.79 Å². The number of aromatic hydroxyl groups is 1. The number of carbonyl (C=O) groups excluding carboxylic acids is 1. The Bertz CT molecular complexity index is 1320. The number of aryl methyl sites for hydroxylation is 1. The van der Waals surface area contributed by atoms with Crippen molar-refractivity contribution in [2.45, 2.75) is 25.6 Å². The van der Waals surface area contributed by atoms with Crippen LogP contribution in [-0.4, -0.2) is 25.4 Å². The fourth-order valence-electron chi connectivity index (χ4n) is 3.72. The number of hydrogen-bond donors (Lipinski definition) is 2. The molecule has 6 nitrogen and oxygen atoms in total. The standard InChI is InChI=1S/C23H20F4N4O2/c1-13(19-12-30(2)20-8-7-17(32)10-18(19)20)22(33)28-11-16-9-21(23(25,26)27)29-31(16)15-5-3-14(24)4-6-15/h3-10,12-13,32H,11H2,1-2H3,(H,28,33). The molecule has 1 atom stereocenters. The van der Waals surface area contributed by atoms with E-state index in [4.69, 9.17) is 0 Å². The molecule has 0 bridgehead atoms. The first-order valence-electron chi connectivity index (χ1n) is 10.0. The number of benzene rings is 2. The van der Waals surface area contributed by atoms with E-state index < -0.39 is 29.5 Å². The summed E-state index contributed by atoms with van der Waals surface area (Å²) in [5, 5.41) is 16.8. The van der Waals surface area contributed by atoms with E-state index in [-0.39, 0.29) is 23.7 Å². The summed E-state index contributed by atoms with van der Waals surface area (Å²) in [4.78, 5) is 12.9. The Hall–Kier alpha value is -3.82. The van der Waals surface area contributed by atoms with E-state index in [1.54, 1.807) is 31.3 Å². The molecule has 4 aromatic rings. The molecular formula is C23H20F4N4O2. The maximum Gasteiger partial charge on any atom is 0.435 e. The third-order valence-corrected chi connectivity index (χ3v) is 5.45. The van der Waals surface area contributed by atoms with Crippen molar-refractivity contribution in [3.05, 3.63) is 77.5 Å². The molecule has 1 amide bonds. The third-order valence-electron chi connectivity index (χ3n) is 5.45. The maximum atomic E-state index is 13.3. The van der Waals surface area contributed by atoms with Gasteiger partial charge in [-0.25, -0.2) is 9.07 Å². The van der Waals surface area contributed by atoms with Gasteiger partial charge in [0.15, 0.2) is 5.69 Å². The van der Waals surface area contributed by atoms with Crippen LogP contribution in [-0.2, 0) is 24.6 Å². The van der Waals surface area contributed by atoms with Gasteiger partial charge in [-0.05, 0) is 61.0 Å². The smallest absolute Gasteiger partial charge is 0.435 e. The van der Waals surface area contributed by atoms with Gasteiger partial charge < -0.3 is 15.0 Å². The van der Waals surface area contributed by atoms with Crippen LogP contribution in [0, 0.1) is 5.82 Å². The zero-order valence-electron chi connectivity index (χ0n) is 17.7. The highest BCUT2D eigenvalue weighted by Gasteiger charge is 2.35. The number of rotatable bonds is 5. The Balaban J connectivity index is 1.60. The summed E-state index contributed by atoms with van der Waals surface area (Å²) in [5.74, 6) is -1.52. The number of carbonyl (C=O) groups is 1. The van der Waals surface area contributed by atoms with Crippen LogP contribution in [0.3, 0.4) is 0 Å². The predicted molar refractivity (Wildman–Crippen MR) is 113 cm³/mol. The highest BCUT2D eigenvalue weighted by molar-refractivity contribution is 5.92. The number of amides is 1. The second kappa shape index (κ2) is 8.27. The number of fused-ring (bicyclic) bond motifs is 1. The quantitative estimate of drug-likeness (QED) is 0.426. The Labute approximate surface area is 186 Å². The van der Waals surface area contributed by atoms with Gasteiger partial charge in [0.2, 0.25) is 5.91 Å². The molecule has 0 radical (unpaired) electrons. The van der Waals surface area contributed by atoms with Gasteiger partial charge in [0.05, 0.1) is 23.8 Å². The van der Waals surface area contributed by atoms with Crippen LogP contribution in [0.25, 0.3) is 16.6 Å². The normalized spacial score (nSPS) is 12.8. The zero-order valence-corrected chi connectivity index (χ0v) is 17.7. The minimum Gasteiger partial charge on any atom is -0.508 e. The first kappa shape index (κ1) is 22.4. The lowest BCUT2D eigenvalue weighted by Gasteiger charge is -2.13. The molecule has 0 saturated carbocycles. The van der Waals surface area contributed by atoms with E-state index in [2.05, 4.69) is 10.4 Å². The average molecular weight is 460 g/mol. The van der Waals surface area contributed by atoms with Crippen molar-refractivity contribution in [3.63, 3.8) is 0 Å². The molecule has 172 valence electrons.